The van der Waals surface area contributed by atoms with Crippen LogP contribution in [0.15, 0.2) is 18.2 Å². The number of hydrogen-bond acceptors (Lipinski definition) is 3. The largest absolute Gasteiger partial charge is 0.313 e. The Morgan fingerprint density at radius 3 is 2.22 bits per heavy atom. The first kappa shape index (κ1) is 15.2. The van der Waals surface area contributed by atoms with Crippen LogP contribution >= 0.6 is 0 Å². The molecule has 0 spiro atoms. The van der Waals surface area contributed by atoms with Gasteiger partial charge in [-0.05, 0) is 50.4 Å². The van der Waals surface area contributed by atoms with E-state index in [2.05, 4.69) is 37.4 Å². The van der Waals surface area contributed by atoms with E-state index in [9.17, 15) is 8.42 Å². The van der Waals surface area contributed by atoms with Crippen molar-refractivity contribution in [3.05, 3.63) is 34.9 Å². The van der Waals surface area contributed by atoms with Gasteiger partial charge in [0, 0.05) is 18.1 Å². The summed E-state index contributed by atoms with van der Waals surface area (Å²) < 4.78 is 22.3. The van der Waals surface area contributed by atoms with Crippen molar-refractivity contribution >= 4 is 9.84 Å². The van der Waals surface area contributed by atoms with Crippen molar-refractivity contribution in [2.45, 2.75) is 32.7 Å². The lowest BCUT2D eigenvalue weighted by Crippen LogP contribution is -2.19. The molecule has 4 heteroatoms. The number of sulfone groups is 1. The van der Waals surface area contributed by atoms with E-state index in [1.807, 2.05) is 7.05 Å². The molecule has 0 fully saturated rings. The predicted molar refractivity (Wildman–Crippen MR) is 76.7 cm³/mol. The van der Waals surface area contributed by atoms with E-state index < -0.39 is 9.84 Å². The summed E-state index contributed by atoms with van der Waals surface area (Å²) in [5, 5.41) is 3.29. The van der Waals surface area contributed by atoms with Gasteiger partial charge in [-0.2, -0.15) is 0 Å². The molecule has 1 N–H and O–H groups in total. The van der Waals surface area contributed by atoms with E-state index in [0.29, 0.717) is 6.42 Å². The van der Waals surface area contributed by atoms with Crippen LogP contribution in [0.5, 0.6) is 0 Å². The van der Waals surface area contributed by atoms with Crippen molar-refractivity contribution in [2.75, 3.05) is 19.1 Å². The van der Waals surface area contributed by atoms with Gasteiger partial charge in [0.2, 0.25) is 0 Å². The number of benzene rings is 1. The second kappa shape index (κ2) is 6.34. The first-order valence-corrected chi connectivity index (χ1v) is 8.32. The lowest BCUT2D eigenvalue weighted by molar-refractivity contribution is 0.532. The maximum Gasteiger partial charge on any atom is 0.147 e. The fraction of sp³-hybridized carbons (Fsp3) is 0.571. The quantitative estimate of drug-likeness (QED) is 0.862. The van der Waals surface area contributed by atoms with Crippen LogP contribution in [-0.4, -0.2) is 27.5 Å². The minimum absolute atomic E-state index is 0.230. The molecule has 0 aliphatic heterocycles. The highest BCUT2D eigenvalue weighted by molar-refractivity contribution is 7.90. The molecule has 18 heavy (non-hydrogen) atoms. The lowest BCUT2D eigenvalue weighted by Gasteiger charge is -2.21. The van der Waals surface area contributed by atoms with E-state index in [1.54, 1.807) is 0 Å². The van der Waals surface area contributed by atoms with E-state index >= 15 is 0 Å². The molecule has 0 amide bonds. The highest BCUT2D eigenvalue weighted by Gasteiger charge is 2.14. The smallest absolute Gasteiger partial charge is 0.147 e. The minimum Gasteiger partial charge on any atom is -0.313 e. The Morgan fingerprint density at radius 1 is 1.22 bits per heavy atom. The van der Waals surface area contributed by atoms with Crippen LogP contribution in [0.4, 0.5) is 0 Å². The topological polar surface area (TPSA) is 46.2 Å². The lowest BCUT2D eigenvalue weighted by atomic mass is 9.93. The summed E-state index contributed by atoms with van der Waals surface area (Å²) in [5.41, 5.74) is 3.82. The van der Waals surface area contributed by atoms with Crippen LogP contribution < -0.4 is 5.32 Å². The Hall–Kier alpha value is -0.870. The van der Waals surface area contributed by atoms with Gasteiger partial charge in [0.25, 0.3) is 0 Å². The normalized spacial score (nSPS) is 13.6. The number of nitrogens with one attached hydrogen (secondary N) is 1. The molecule has 0 bridgehead atoms. The third-order valence-electron chi connectivity index (χ3n) is 3.25. The number of hydrogen-bond donors (Lipinski definition) is 1. The van der Waals surface area contributed by atoms with Gasteiger partial charge in [-0.1, -0.05) is 18.2 Å². The molecule has 0 aliphatic carbocycles. The van der Waals surface area contributed by atoms with E-state index in [-0.39, 0.29) is 11.8 Å². The average Bonchev–Trinajstić information content (AvgIpc) is 2.25. The van der Waals surface area contributed by atoms with E-state index in [1.165, 1.54) is 22.9 Å². The van der Waals surface area contributed by atoms with Gasteiger partial charge in [0.05, 0.1) is 0 Å². The summed E-state index contributed by atoms with van der Waals surface area (Å²) >= 11 is 0. The summed E-state index contributed by atoms with van der Waals surface area (Å²) in [6.07, 6.45) is 2.83. The molecule has 1 aromatic carbocycles. The maximum atomic E-state index is 11.2. The van der Waals surface area contributed by atoms with Crippen molar-refractivity contribution in [3.8, 4) is 0 Å². The fourth-order valence-corrected chi connectivity index (χ4v) is 3.05. The minimum atomic E-state index is -2.86. The first-order chi connectivity index (χ1) is 8.35. The third-order valence-corrected chi connectivity index (χ3v) is 4.28. The third kappa shape index (κ3) is 4.42. The second-order valence-electron chi connectivity index (χ2n) is 4.92. The SMILES string of the molecule is CNC(CCCS(C)(=O)=O)c1c(C)cccc1C. The molecular weight excluding hydrogens is 246 g/mol. The zero-order valence-electron chi connectivity index (χ0n) is 11.7. The van der Waals surface area contributed by atoms with Gasteiger partial charge in [-0.3, -0.25) is 0 Å². The van der Waals surface area contributed by atoms with E-state index in [4.69, 9.17) is 0 Å². The molecule has 1 rings (SSSR count). The fourth-order valence-electron chi connectivity index (χ4n) is 2.36. The molecule has 0 aromatic heterocycles. The van der Waals surface area contributed by atoms with Crippen molar-refractivity contribution < 1.29 is 8.42 Å². The molecular formula is C14H23NO2S. The van der Waals surface area contributed by atoms with Gasteiger partial charge in [0.15, 0.2) is 0 Å². The average molecular weight is 269 g/mol. The molecule has 0 radical (unpaired) electrons. The summed E-state index contributed by atoms with van der Waals surface area (Å²) in [7, 11) is -0.931. The van der Waals surface area contributed by atoms with Crippen LogP contribution in [0.2, 0.25) is 0 Å². The first-order valence-electron chi connectivity index (χ1n) is 6.26. The standard InChI is InChI=1S/C14H23NO2S/c1-11-7-5-8-12(2)14(11)13(15-3)9-6-10-18(4,16)17/h5,7-8,13,15H,6,9-10H2,1-4H3. The van der Waals surface area contributed by atoms with Gasteiger partial charge in [-0.25, -0.2) is 8.42 Å². The zero-order valence-corrected chi connectivity index (χ0v) is 12.5. The van der Waals surface area contributed by atoms with Gasteiger partial charge in [-0.15, -0.1) is 0 Å². The van der Waals surface area contributed by atoms with Gasteiger partial charge in [0.1, 0.15) is 9.84 Å². The second-order valence-corrected chi connectivity index (χ2v) is 7.18. The van der Waals surface area contributed by atoms with Crippen LogP contribution in [0.3, 0.4) is 0 Å². The van der Waals surface area contributed by atoms with Crippen LogP contribution in [0.25, 0.3) is 0 Å². The number of aryl methyl sites for hydroxylation is 2. The molecule has 0 saturated heterocycles. The molecule has 0 saturated carbocycles. The highest BCUT2D eigenvalue weighted by atomic mass is 32.2. The summed E-state index contributed by atoms with van der Waals surface area (Å²) in [6.45, 7) is 4.20. The Morgan fingerprint density at radius 2 is 1.78 bits per heavy atom. The van der Waals surface area contributed by atoms with E-state index in [0.717, 1.165) is 6.42 Å². The zero-order chi connectivity index (χ0) is 13.8. The van der Waals surface area contributed by atoms with Crippen molar-refractivity contribution in [3.63, 3.8) is 0 Å². The monoisotopic (exact) mass is 269 g/mol. The van der Waals surface area contributed by atoms with Crippen molar-refractivity contribution in [1.82, 2.24) is 5.32 Å². The molecule has 102 valence electrons. The molecule has 1 atom stereocenters. The molecule has 0 aliphatic rings. The summed E-state index contributed by atoms with van der Waals surface area (Å²) in [4.78, 5) is 0. The molecule has 1 unspecified atom stereocenters. The van der Waals surface area contributed by atoms with Gasteiger partial charge < -0.3 is 5.32 Å². The Labute approximate surface area is 111 Å². The van der Waals surface area contributed by atoms with Crippen molar-refractivity contribution in [1.29, 1.82) is 0 Å². The number of rotatable bonds is 6. The van der Waals surface area contributed by atoms with Crippen LogP contribution in [-0.2, 0) is 9.84 Å². The van der Waals surface area contributed by atoms with Crippen LogP contribution in [0.1, 0.15) is 35.6 Å². The Kier molecular flexibility index (Phi) is 5.35. The molecule has 0 heterocycles. The predicted octanol–water partition coefficient (Wildman–Crippen LogP) is 2.39. The Bertz CT molecular complexity index is 474. The summed E-state index contributed by atoms with van der Waals surface area (Å²) in [6, 6.07) is 6.48. The molecule has 3 nitrogen and oxygen atoms in total. The molecule has 1 aromatic rings. The van der Waals surface area contributed by atoms with Gasteiger partial charge >= 0.3 is 0 Å². The maximum absolute atomic E-state index is 11.2. The highest BCUT2D eigenvalue weighted by Crippen LogP contribution is 2.25. The van der Waals surface area contributed by atoms with Crippen LogP contribution in [0, 0.1) is 13.8 Å². The van der Waals surface area contributed by atoms with Crippen molar-refractivity contribution in [2.24, 2.45) is 0 Å². The summed E-state index contributed by atoms with van der Waals surface area (Å²) in [5.74, 6) is 0.260. The Balaban J connectivity index is 2.78.